The third kappa shape index (κ3) is 2.05. The Labute approximate surface area is 147 Å². The number of ether oxygens (including phenoxy) is 2. The lowest BCUT2D eigenvalue weighted by Gasteiger charge is -2.58. The molecule has 1 saturated heterocycles. The minimum atomic E-state index is -0.719. The van der Waals surface area contributed by atoms with Crippen molar-refractivity contribution in [3.63, 3.8) is 0 Å². The van der Waals surface area contributed by atoms with Crippen LogP contribution in [0.2, 0.25) is 0 Å². The molecule has 0 radical (unpaired) electrons. The summed E-state index contributed by atoms with van der Waals surface area (Å²) in [4.78, 5) is 24.1. The molecule has 0 spiro atoms. The van der Waals surface area contributed by atoms with Crippen molar-refractivity contribution in [1.82, 2.24) is 0 Å². The van der Waals surface area contributed by atoms with E-state index in [2.05, 4.69) is 13.8 Å². The van der Waals surface area contributed by atoms with Gasteiger partial charge in [0.2, 0.25) is 0 Å². The zero-order valence-electron chi connectivity index (χ0n) is 14.8. The number of allylic oxidation sites excluding steroid dienone is 2. The van der Waals surface area contributed by atoms with Crippen molar-refractivity contribution < 1.29 is 24.2 Å². The number of cyclic esters (lactones) is 1. The normalized spacial score (nSPS) is 46.7. The van der Waals surface area contributed by atoms with E-state index >= 15 is 0 Å². The maximum atomic E-state index is 12.3. The van der Waals surface area contributed by atoms with Gasteiger partial charge in [-0.15, -0.1) is 0 Å². The number of aliphatic hydroxyl groups excluding tert-OH is 1. The van der Waals surface area contributed by atoms with Crippen molar-refractivity contribution in [3.05, 3.63) is 35.6 Å². The molecule has 2 fully saturated rings. The van der Waals surface area contributed by atoms with Crippen LogP contribution in [0.25, 0.3) is 0 Å². The number of carbonyl (C=O) groups is 2. The molecule has 1 saturated carbocycles. The summed E-state index contributed by atoms with van der Waals surface area (Å²) in [6, 6.07) is 0. The van der Waals surface area contributed by atoms with Crippen LogP contribution in [0.5, 0.6) is 0 Å². The van der Waals surface area contributed by atoms with Crippen LogP contribution >= 0.6 is 0 Å². The molecule has 2 aliphatic heterocycles. The van der Waals surface area contributed by atoms with Crippen molar-refractivity contribution in [2.75, 3.05) is 0 Å². The Bertz CT molecular complexity index is 732. The van der Waals surface area contributed by atoms with Crippen LogP contribution in [0.15, 0.2) is 35.6 Å². The fourth-order valence-corrected chi connectivity index (χ4v) is 5.58. The lowest BCUT2D eigenvalue weighted by molar-refractivity contribution is -0.182. The molecule has 0 amide bonds. The van der Waals surface area contributed by atoms with Crippen molar-refractivity contribution in [1.29, 1.82) is 0 Å². The van der Waals surface area contributed by atoms with Gasteiger partial charge in [0, 0.05) is 11.0 Å². The fraction of sp³-hybridized carbons (Fsp3) is 0.600. The van der Waals surface area contributed by atoms with Gasteiger partial charge < -0.3 is 14.6 Å². The van der Waals surface area contributed by atoms with Crippen LogP contribution in [0.4, 0.5) is 0 Å². The van der Waals surface area contributed by atoms with Crippen LogP contribution in [0.1, 0.15) is 40.0 Å². The van der Waals surface area contributed by atoms with Gasteiger partial charge in [0.05, 0.1) is 17.9 Å². The molecule has 134 valence electrons. The summed E-state index contributed by atoms with van der Waals surface area (Å²) in [5.41, 5.74) is 0.557. The Kier molecular flexibility index (Phi) is 3.52. The van der Waals surface area contributed by atoms with Gasteiger partial charge in [-0.1, -0.05) is 32.9 Å². The molecule has 6 atom stereocenters. The van der Waals surface area contributed by atoms with Crippen molar-refractivity contribution >= 4 is 11.9 Å². The topological polar surface area (TPSA) is 72.8 Å². The first-order valence-corrected chi connectivity index (χ1v) is 8.97. The van der Waals surface area contributed by atoms with Crippen LogP contribution in [-0.2, 0) is 19.1 Å². The third-order valence-electron chi connectivity index (χ3n) is 7.23. The van der Waals surface area contributed by atoms with Gasteiger partial charge in [0.1, 0.15) is 6.10 Å². The summed E-state index contributed by atoms with van der Waals surface area (Å²) in [5.74, 6) is -0.471. The molecule has 0 bridgehead atoms. The Morgan fingerprint density at radius 2 is 2.08 bits per heavy atom. The lowest BCUT2D eigenvalue weighted by atomic mass is 9.46. The summed E-state index contributed by atoms with van der Waals surface area (Å²) in [5, 5.41) is 10.9. The Hall–Kier alpha value is -1.88. The molecule has 5 heteroatoms. The van der Waals surface area contributed by atoms with E-state index in [1.807, 2.05) is 19.1 Å². The first-order chi connectivity index (χ1) is 11.8. The van der Waals surface area contributed by atoms with E-state index in [1.165, 1.54) is 6.26 Å². The fourth-order valence-electron chi connectivity index (χ4n) is 5.58. The lowest BCUT2D eigenvalue weighted by Crippen LogP contribution is -2.61. The molecule has 0 aromatic rings. The van der Waals surface area contributed by atoms with Crippen LogP contribution in [0, 0.1) is 22.7 Å². The number of hydrogen-bond donors (Lipinski definition) is 1. The minimum absolute atomic E-state index is 0.0564. The molecule has 0 unspecified atom stereocenters. The predicted molar refractivity (Wildman–Crippen MR) is 90.0 cm³/mol. The predicted octanol–water partition coefficient (Wildman–Crippen LogP) is 2.66. The third-order valence-corrected chi connectivity index (χ3v) is 7.23. The SMILES string of the molecule is C[C@H]1[C@@H](O)[C@H]2OC(=O)C3=CCC[C@H]([C@@]1(C)C/C=C1/C=COC1=O)[C@]32C. The first-order valence-electron chi connectivity index (χ1n) is 8.97. The van der Waals surface area contributed by atoms with E-state index in [0.717, 1.165) is 18.4 Å². The number of hydrogen-bond acceptors (Lipinski definition) is 5. The molecule has 0 aromatic heterocycles. The summed E-state index contributed by atoms with van der Waals surface area (Å²) in [7, 11) is 0. The van der Waals surface area contributed by atoms with Crippen LogP contribution in [0.3, 0.4) is 0 Å². The molecular weight excluding hydrogens is 320 g/mol. The summed E-state index contributed by atoms with van der Waals surface area (Å²) >= 11 is 0. The minimum Gasteiger partial charge on any atom is -0.455 e. The van der Waals surface area contributed by atoms with Gasteiger partial charge in [-0.3, -0.25) is 0 Å². The highest BCUT2D eigenvalue weighted by Crippen LogP contribution is 2.64. The Morgan fingerprint density at radius 3 is 2.76 bits per heavy atom. The highest BCUT2D eigenvalue weighted by atomic mass is 16.6. The molecule has 25 heavy (non-hydrogen) atoms. The van der Waals surface area contributed by atoms with Crippen molar-refractivity contribution in [2.24, 2.45) is 22.7 Å². The van der Waals surface area contributed by atoms with Gasteiger partial charge in [-0.05, 0) is 42.6 Å². The standard InChI is InChI=1S/C20H24O5/c1-11-15(21)16-20(3)13(18(23)25-16)5-4-6-14(20)19(11,2)9-7-12-8-10-24-17(12)22/h5,7-8,10-11,14-16,21H,4,6,9H2,1-3H3/b12-7-/t11-,14+,15+,16+,19-,20-/m0/s1. The van der Waals surface area contributed by atoms with Gasteiger partial charge in [-0.2, -0.15) is 0 Å². The highest BCUT2D eigenvalue weighted by Gasteiger charge is 2.67. The Morgan fingerprint density at radius 1 is 1.32 bits per heavy atom. The molecule has 2 heterocycles. The number of aliphatic hydroxyl groups is 1. The largest absolute Gasteiger partial charge is 0.455 e. The number of carbonyl (C=O) groups excluding carboxylic acids is 2. The zero-order chi connectivity index (χ0) is 18.0. The quantitative estimate of drug-likeness (QED) is 0.616. The van der Waals surface area contributed by atoms with E-state index < -0.39 is 17.6 Å². The first kappa shape index (κ1) is 16.6. The van der Waals surface area contributed by atoms with Gasteiger partial charge in [-0.25, -0.2) is 9.59 Å². The van der Waals surface area contributed by atoms with E-state index in [4.69, 9.17) is 9.47 Å². The molecule has 4 rings (SSSR count). The molecule has 2 aliphatic carbocycles. The average Bonchev–Trinajstić information content (AvgIpc) is 3.11. The van der Waals surface area contributed by atoms with Gasteiger partial charge >= 0.3 is 11.9 Å². The molecular formula is C20H24O5. The second kappa shape index (κ2) is 5.31. The second-order valence-corrected chi connectivity index (χ2v) is 8.21. The summed E-state index contributed by atoms with van der Waals surface area (Å²) in [6.45, 7) is 6.25. The second-order valence-electron chi connectivity index (χ2n) is 8.21. The van der Waals surface area contributed by atoms with Crippen molar-refractivity contribution in [2.45, 2.75) is 52.2 Å². The smallest absolute Gasteiger partial charge is 0.342 e. The average molecular weight is 344 g/mol. The van der Waals surface area contributed by atoms with Crippen molar-refractivity contribution in [3.8, 4) is 0 Å². The van der Waals surface area contributed by atoms with Gasteiger partial charge in [0.15, 0.2) is 0 Å². The molecule has 0 aromatic carbocycles. The van der Waals surface area contributed by atoms with E-state index in [1.54, 1.807) is 6.08 Å². The summed E-state index contributed by atoms with van der Waals surface area (Å²) in [6.07, 6.45) is 8.21. The van der Waals surface area contributed by atoms with E-state index in [9.17, 15) is 14.7 Å². The number of esters is 2. The molecule has 1 N–H and O–H groups in total. The van der Waals surface area contributed by atoms with Gasteiger partial charge in [0.25, 0.3) is 0 Å². The maximum absolute atomic E-state index is 12.3. The maximum Gasteiger partial charge on any atom is 0.342 e. The van der Waals surface area contributed by atoms with Crippen LogP contribution in [-0.4, -0.2) is 29.3 Å². The van der Waals surface area contributed by atoms with E-state index in [0.29, 0.717) is 12.0 Å². The molecule has 5 nitrogen and oxygen atoms in total. The van der Waals surface area contributed by atoms with Crippen LogP contribution < -0.4 is 0 Å². The van der Waals surface area contributed by atoms with E-state index in [-0.39, 0.29) is 29.2 Å². The highest BCUT2D eigenvalue weighted by molar-refractivity contribution is 5.94. The Balaban J connectivity index is 1.75. The number of rotatable bonds is 2. The monoisotopic (exact) mass is 344 g/mol. The zero-order valence-corrected chi connectivity index (χ0v) is 14.8. The molecule has 4 aliphatic rings. The summed E-state index contributed by atoms with van der Waals surface area (Å²) < 4.78 is 10.5.